The summed E-state index contributed by atoms with van der Waals surface area (Å²) in [6, 6.07) is 37.1. The summed E-state index contributed by atoms with van der Waals surface area (Å²) in [5, 5.41) is 2.96. The van der Waals surface area contributed by atoms with Gasteiger partial charge >= 0.3 is 283 Å². The minimum atomic E-state index is -3.40. The quantitative estimate of drug-likeness (QED) is 0.125. The van der Waals surface area contributed by atoms with E-state index in [-0.39, 0.29) is 0 Å². The van der Waals surface area contributed by atoms with Crippen molar-refractivity contribution in [3.8, 4) is 22.3 Å². The summed E-state index contributed by atoms with van der Waals surface area (Å²) >= 11 is -3.40. The topological polar surface area (TPSA) is 0 Å². The maximum absolute atomic E-state index is 3.40. The number of rotatable bonds is 13. The van der Waals surface area contributed by atoms with Crippen molar-refractivity contribution in [1.82, 2.24) is 0 Å². The molecule has 2 atom stereocenters. The molecule has 0 aliphatic heterocycles. The zero-order valence-corrected chi connectivity index (χ0v) is 31.8. The molecule has 0 amide bonds. The van der Waals surface area contributed by atoms with E-state index < -0.39 is 19.4 Å². The maximum atomic E-state index is 2.82. The summed E-state index contributed by atoms with van der Waals surface area (Å²) in [6.07, 6.45) is 13.0. The van der Waals surface area contributed by atoms with Gasteiger partial charge in [-0.1, -0.05) is 0 Å². The zero-order valence-electron chi connectivity index (χ0n) is 29.2. The van der Waals surface area contributed by atoms with Gasteiger partial charge in [0.05, 0.1) is 0 Å². The molecular weight excluding hydrogens is 608 g/mol. The molecule has 46 heavy (non-hydrogen) atoms. The molecule has 0 saturated heterocycles. The van der Waals surface area contributed by atoms with E-state index in [1.165, 1.54) is 69.3 Å². The second kappa shape index (κ2) is 13.7. The molecule has 0 N–H and O–H groups in total. The van der Waals surface area contributed by atoms with E-state index in [0.29, 0.717) is 9.26 Å². The van der Waals surface area contributed by atoms with Crippen LogP contribution in [0.5, 0.6) is 0 Å². The Kier molecular flexibility index (Phi) is 9.86. The number of allylic oxidation sites excluding steroid dienone is 2. The van der Waals surface area contributed by atoms with Crippen molar-refractivity contribution < 1.29 is 12.2 Å². The van der Waals surface area contributed by atoms with Crippen LogP contribution in [0.3, 0.4) is 0 Å². The van der Waals surface area contributed by atoms with Crippen LogP contribution in [0.25, 0.3) is 34.4 Å². The second-order valence-electron chi connectivity index (χ2n) is 14.3. The third kappa shape index (κ3) is 5.18. The molecule has 2 aliphatic rings. The van der Waals surface area contributed by atoms with Gasteiger partial charge in [-0.15, -0.1) is 0 Å². The van der Waals surface area contributed by atoms with Gasteiger partial charge in [0, 0.05) is 0 Å². The van der Waals surface area contributed by atoms with Crippen LogP contribution < -0.4 is 0 Å². The molecule has 0 heterocycles. The Hall–Kier alpha value is -2.84. The molecule has 0 radical (unpaired) electrons. The molecule has 0 saturated carbocycles. The Morgan fingerprint density at radius 2 is 0.935 bits per heavy atom. The SMILES string of the molecule is CCC[CH2][V]([CH2]CCC)([CH]1C(CC)=Cc2c(-c3ccccc3)cccc21)([CH]1C(CC)=Cc2c(-c3ccccc3)cccc21)[SiH](C)C. The predicted molar refractivity (Wildman–Crippen MR) is 204 cm³/mol. The van der Waals surface area contributed by atoms with Crippen molar-refractivity contribution in [1.29, 1.82) is 0 Å². The van der Waals surface area contributed by atoms with E-state index in [0.717, 1.165) is 12.8 Å². The van der Waals surface area contributed by atoms with E-state index in [9.17, 15) is 0 Å². The van der Waals surface area contributed by atoms with Gasteiger partial charge in [-0.25, -0.2) is 0 Å². The van der Waals surface area contributed by atoms with Gasteiger partial charge in [0.2, 0.25) is 0 Å². The number of benzene rings is 4. The summed E-state index contributed by atoms with van der Waals surface area (Å²) < 4.78 is 1.22. The van der Waals surface area contributed by atoms with Crippen molar-refractivity contribution in [2.24, 2.45) is 0 Å². The summed E-state index contributed by atoms with van der Waals surface area (Å²) in [4.78, 5) is 0. The van der Waals surface area contributed by atoms with Gasteiger partial charge in [0.15, 0.2) is 0 Å². The molecule has 240 valence electrons. The number of hydrogen-bond acceptors (Lipinski definition) is 0. The van der Waals surface area contributed by atoms with Crippen LogP contribution in [0.15, 0.2) is 108 Å². The molecule has 2 aliphatic carbocycles. The Morgan fingerprint density at radius 1 is 0.522 bits per heavy atom. The fourth-order valence-electron chi connectivity index (χ4n) is 9.77. The minimum absolute atomic E-state index is 0.609. The first-order valence-electron chi connectivity index (χ1n) is 18.2. The average molecular weight is 663 g/mol. The Bertz CT molecular complexity index is 1600. The molecule has 0 fully saturated rings. The molecule has 4 aromatic carbocycles. The van der Waals surface area contributed by atoms with Gasteiger partial charge < -0.3 is 0 Å². The average Bonchev–Trinajstić information content (AvgIpc) is 3.69. The summed E-state index contributed by atoms with van der Waals surface area (Å²) in [6.45, 7) is 15.4. The summed E-state index contributed by atoms with van der Waals surface area (Å²) in [5.74, 6) is 0. The van der Waals surface area contributed by atoms with Gasteiger partial charge in [-0.05, 0) is 0 Å². The fraction of sp³-hybridized carbons (Fsp3) is 0.364. The van der Waals surface area contributed by atoms with Gasteiger partial charge in [-0.2, -0.15) is 0 Å². The number of fused-ring (bicyclic) bond motifs is 2. The standard InChI is InChI=1S/2C17H15.2C4H9.C2H7Si.V/c2*1-2-13-11-15-9-6-10-16(17(15)12-13)14-7-4-3-5-8-14;2*1-3-4-2;1-3-2;/h2*3-12H,2H2,1H3;2*1,3-4H2,2H3;3H,1-2H3;. The molecule has 0 nitrogen and oxygen atoms in total. The first kappa shape index (κ1) is 33.1. The third-order valence-electron chi connectivity index (χ3n) is 12.0. The van der Waals surface area contributed by atoms with E-state index >= 15 is 0 Å². The Balaban J connectivity index is 1.70. The van der Waals surface area contributed by atoms with Gasteiger partial charge in [0.1, 0.15) is 0 Å². The van der Waals surface area contributed by atoms with Crippen LogP contribution in [0.2, 0.25) is 23.4 Å². The van der Waals surface area contributed by atoms with Crippen LogP contribution in [0.4, 0.5) is 0 Å². The normalized spacial score (nSPS) is 18.1. The van der Waals surface area contributed by atoms with Crippen molar-refractivity contribution >= 4 is 19.3 Å². The van der Waals surface area contributed by atoms with Crippen LogP contribution in [0, 0.1) is 0 Å². The first-order chi connectivity index (χ1) is 22.4. The molecule has 2 unspecified atom stereocenters. The van der Waals surface area contributed by atoms with Gasteiger partial charge in [0.25, 0.3) is 0 Å². The molecule has 2 heteroatoms. The zero-order chi connectivity index (χ0) is 32.3. The van der Waals surface area contributed by atoms with Crippen LogP contribution in [-0.2, 0) is 12.2 Å². The molecule has 0 spiro atoms. The van der Waals surface area contributed by atoms with Crippen molar-refractivity contribution in [3.63, 3.8) is 0 Å². The van der Waals surface area contributed by atoms with Crippen LogP contribution in [-0.4, -0.2) is 7.17 Å². The first-order valence-corrected chi connectivity index (χ1v) is 27.0. The summed E-state index contributed by atoms with van der Waals surface area (Å²) in [5.41, 5.74) is 15.5. The molecular formula is C44H55SiV. The van der Waals surface area contributed by atoms with E-state index in [1.54, 1.807) is 22.3 Å². The van der Waals surface area contributed by atoms with Crippen molar-refractivity contribution in [2.45, 2.75) is 98.8 Å². The third-order valence-corrected chi connectivity index (χ3v) is 42.1. The Morgan fingerprint density at radius 3 is 1.28 bits per heavy atom. The van der Waals surface area contributed by atoms with E-state index in [4.69, 9.17) is 0 Å². The Labute approximate surface area is 281 Å². The van der Waals surface area contributed by atoms with Crippen molar-refractivity contribution in [3.05, 3.63) is 130 Å². The molecule has 0 bridgehead atoms. The fourth-order valence-corrected chi connectivity index (χ4v) is 39.0. The molecule has 6 rings (SSSR count). The number of hydrogen-bond donors (Lipinski definition) is 0. The number of unbranched alkanes of at least 4 members (excludes halogenated alkanes) is 2. The van der Waals surface area contributed by atoms with Crippen molar-refractivity contribution in [2.75, 3.05) is 0 Å². The second-order valence-corrected chi connectivity index (χ2v) is 35.3. The van der Waals surface area contributed by atoms with Crippen LogP contribution in [0.1, 0.15) is 97.7 Å². The monoisotopic (exact) mass is 662 g/mol. The van der Waals surface area contributed by atoms with Crippen LogP contribution >= 0.6 is 0 Å². The van der Waals surface area contributed by atoms with Gasteiger partial charge in [-0.3, -0.25) is 0 Å². The summed E-state index contributed by atoms with van der Waals surface area (Å²) in [7, 11) is -1.23. The van der Waals surface area contributed by atoms with E-state index in [2.05, 4.69) is 150 Å². The predicted octanol–water partition coefficient (Wildman–Crippen LogP) is 13.5. The van der Waals surface area contributed by atoms with E-state index in [1.807, 2.05) is 0 Å². The molecule has 0 aromatic heterocycles. The molecule has 4 aromatic rings.